The highest BCUT2D eigenvalue weighted by atomic mass is 35.5. The van der Waals surface area contributed by atoms with Gasteiger partial charge in [-0.15, -0.1) is 0 Å². The van der Waals surface area contributed by atoms with Gasteiger partial charge in [-0.1, -0.05) is 35.6 Å². The Morgan fingerprint density at radius 3 is 2.79 bits per heavy atom. The van der Waals surface area contributed by atoms with Gasteiger partial charge in [-0.05, 0) is 29.8 Å². The third-order valence-electron chi connectivity index (χ3n) is 3.96. The van der Waals surface area contributed by atoms with Crippen LogP contribution in [-0.4, -0.2) is 29.7 Å². The van der Waals surface area contributed by atoms with E-state index in [0.717, 1.165) is 11.8 Å². The van der Waals surface area contributed by atoms with Crippen molar-refractivity contribution < 1.29 is 19.0 Å². The first-order chi connectivity index (χ1) is 13.5. The van der Waals surface area contributed by atoms with Gasteiger partial charge < -0.3 is 15.2 Å². The second kappa shape index (κ2) is 8.70. The summed E-state index contributed by atoms with van der Waals surface area (Å²) in [4.78, 5) is 16.4. The fourth-order valence-corrected chi connectivity index (χ4v) is 2.70. The fourth-order valence-electron chi connectivity index (χ4n) is 2.57. The minimum Gasteiger partial charge on any atom is -0.506 e. The van der Waals surface area contributed by atoms with Crippen LogP contribution in [0.3, 0.4) is 0 Å². The summed E-state index contributed by atoms with van der Waals surface area (Å²) in [5.74, 6) is 3.93. The molecule has 0 unspecified atom stereocenters. The van der Waals surface area contributed by atoms with E-state index < -0.39 is 11.7 Å². The van der Waals surface area contributed by atoms with Crippen molar-refractivity contribution in [3.8, 4) is 17.6 Å². The molecular weight excluding hydrogens is 383 g/mol. The van der Waals surface area contributed by atoms with Gasteiger partial charge in [-0.3, -0.25) is 9.78 Å². The zero-order valence-corrected chi connectivity index (χ0v) is 15.7. The zero-order valence-electron chi connectivity index (χ0n) is 14.9. The third-order valence-corrected chi connectivity index (χ3v) is 4.21. The summed E-state index contributed by atoms with van der Waals surface area (Å²) in [6.07, 6.45) is 1.15. The number of carbonyl (C=O) groups excluding carboxylic acids is 1. The minimum atomic E-state index is -0.636. The zero-order chi connectivity index (χ0) is 20.1. The lowest BCUT2D eigenvalue weighted by Gasteiger charge is -2.09. The van der Waals surface area contributed by atoms with Gasteiger partial charge in [0.25, 0.3) is 5.91 Å². The second-order valence-electron chi connectivity index (χ2n) is 5.92. The Hall–Kier alpha value is -3.14. The van der Waals surface area contributed by atoms with Gasteiger partial charge in [0.15, 0.2) is 5.82 Å². The number of fused-ring (bicyclic) bond motifs is 1. The van der Waals surface area contributed by atoms with E-state index in [2.05, 4.69) is 22.1 Å². The summed E-state index contributed by atoms with van der Waals surface area (Å²) < 4.78 is 19.1. The molecule has 2 N–H and O–H groups in total. The van der Waals surface area contributed by atoms with E-state index in [9.17, 15) is 14.3 Å². The fraction of sp³-hybridized carbons (Fsp3) is 0.143. The molecule has 5 nitrogen and oxygen atoms in total. The molecule has 0 radical (unpaired) electrons. The highest BCUT2D eigenvalue weighted by Crippen LogP contribution is 2.29. The lowest BCUT2D eigenvalue weighted by Crippen LogP contribution is -2.23. The number of benzene rings is 2. The predicted octanol–water partition coefficient (Wildman–Crippen LogP) is 3.66. The smallest absolute Gasteiger partial charge is 0.256 e. The first-order valence-corrected chi connectivity index (χ1v) is 8.69. The van der Waals surface area contributed by atoms with Gasteiger partial charge in [-0.2, -0.15) is 0 Å². The molecule has 1 heterocycles. The molecule has 3 rings (SSSR count). The number of methoxy groups -OCH3 is 1. The Morgan fingerprint density at radius 2 is 2.07 bits per heavy atom. The average Bonchev–Trinajstić information content (AvgIpc) is 2.68. The Balaban J connectivity index is 1.88. The number of amides is 1. The second-order valence-corrected chi connectivity index (χ2v) is 6.36. The van der Waals surface area contributed by atoms with Crippen molar-refractivity contribution in [3.63, 3.8) is 0 Å². The average molecular weight is 399 g/mol. The summed E-state index contributed by atoms with van der Waals surface area (Å²) in [5, 5.41) is 13.9. The number of rotatable bonds is 4. The number of aromatic nitrogens is 1. The van der Waals surface area contributed by atoms with Crippen LogP contribution in [0.4, 0.5) is 4.39 Å². The number of pyridine rings is 1. The van der Waals surface area contributed by atoms with Crippen molar-refractivity contribution in [2.24, 2.45) is 0 Å². The topological polar surface area (TPSA) is 71.5 Å². The first kappa shape index (κ1) is 19.6. The SMILES string of the molecule is COCC#Cc1cc(F)c2ncc(C(=O)NCc3ccc(Cl)cc3)c(O)c2c1. The highest BCUT2D eigenvalue weighted by molar-refractivity contribution is 6.30. The van der Waals surface area contributed by atoms with E-state index in [1.165, 1.54) is 19.2 Å². The van der Waals surface area contributed by atoms with E-state index in [1.807, 2.05) is 0 Å². The van der Waals surface area contributed by atoms with Crippen LogP contribution in [0, 0.1) is 17.7 Å². The molecular formula is C21H16ClFN2O3. The maximum atomic E-state index is 14.3. The lowest BCUT2D eigenvalue weighted by atomic mass is 10.1. The number of hydrogen-bond acceptors (Lipinski definition) is 4. The van der Waals surface area contributed by atoms with Gasteiger partial charge in [0.1, 0.15) is 23.4 Å². The summed E-state index contributed by atoms with van der Waals surface area (Å²) in [7, 11) is 1.50. The molecule has 7 heteroatoms. The Labute approximate surface area is 166 Å². The van der Waals surface area contributed by atoms with Crippen molar-refractivity contribution in [1.82, 2.24) is 10.3 Å². The van der Waals surface area contributed by atoms with Crippen LogP contribution >= 0.6 is 11.6 Å². The molecule has 0 saturated carbocycles. The number of nitrogens with zero attached hydrogens (tertiary/aromatic N) is 1. The van der Waals surface area contributed by atoms with Gasteiger partial charge >= 0.3 is 0 Å². The lowest BCUT2D eigenvalue weighted by molar-refractivity contribution is 0.0948. The molecule has 2 aromatic carbocycles. The molecule has 0 fully saturated rings. The van der Waals surface area contributed by atoms with Crippen LogP contribution in [0.25, 0.3) is 10.9 Å². The molecule has 0 atom stereocenters. The normalized spacial score (nSPS) is 10.4. The number of hydrogen-bond donors (Lipinski definition) is 2. The first-order valence-electron chi connectivity index (χ1n) is 8.31. The molecule has 28 heavy (non-hydrogen) atoms. The van der Waals surface area contributed by atoms with Crippen LogP contribution in [0.2, 0.25) is 5.02 Å². The number of ether oxygens (including phenoxy) is 1. The van der Waals surface area contributed by atoms with Crippen LogP contribution in [0.15, 0.2) is 42.6 Å². The Kier molecular flexibility index (Phi) is 6.09. The Morgan fingerprint density at radius 1 is 1.32 bits per heavy atom. The van der Waals surface area contributed by atoms with Crippen molar-refractivity contribution in [2.75, 3.05) is 13.7 Å². The van der Waals surface area contributed by atoms with E-state index in [1.54, 1.807) is 24.3 Å². The quantitative estimate of drug-likeness (QED) is 0.658. The molecule has 0 spiro atoms. The van der Waals surface area contributed by atoms with Crippen LogP contribution in [-0.2, 0) is 11.3 Å². The van der Waals surface area contributed by atoms with Gasteiger partial charge in [0.05, 0.1) is 0 Å². The molecule has 0 aliphatic heterocycles. The van der Waals surface area contributed by atoms with Crippen molar-refractivity contribution in [1.29, 1.82) is 0 Å². The van der Waals surface area contributed by atoms with E-state index in [4.69, 9.17) is 16.3 Å². The van der Waals surface area contributed by atoms with Crippen LogP contribution < -0.4 is 5.32 Å². The minimum absolute atomic E-state index is 0.0379. The summed E-state index contributed by atoms with van der Waals surface area (Å²) in [5.41, 5.74) is 1.09. The van der Waals surface area contributed by atoms with E-state index >= 15 is 0 Å². The van der Waals surface area contributed by atoms with Crippen LogP contribution in [0.1, 0.15) is 21.5 Å². The predicted molar refractivity (Wildman–Crippen MR) is 105 cm³/mol. The summed E-state index contributed by atoms with van der Waals surface area (Å²) in [6, 6.07) is 9.69. The van der Waals surface area contributed by atoms with Gasteiger partial charge in [0.2, 0.25) is 0 Å². The molecule has 142 valence electrons. The van der Waals surface area contributed by atoms with Gasteiger partial charge in [0, 0.05) is 35.8 Å². The number of carbonyl (C=O) groups is 1. The van der Waals surface area contributed by atoms with Crippen molar-refractivity contribution in [3.05, 3.63) is 70.1 Å². The molecule has 0 aliphatic carbocycles. The third kappa shape index (κ3) is 4.39. The van der Waals surface area contributed by atoms with E-state index in [-0.39, 0.29) is 35.4 Å². The largest absolute Gasteiger partial charge is 0.506 e. The van der Waals surface area contributed by atoms with Crippen LogP contribution in [0.5, 0.6) is 5.75 Å². The summed E-state index contributed by atoms with van der Waals surface area (Å²) >= 11 is 5.84. The van der Waals surface area contributed by atoms with Gasteiger partial charge in [-0.25, -0.2) is 4.39 Å². The summed E-state index contributed by atoms with van der Waals surface area (Å²) in [6.45, 7) is 0.432. The van der Waals surface area contributed by atoms with E-state index in [0.29, 0.717) is 10.6 Å². The standard InChI is InChI=1S/C21H16ClFN2O3/c1-28-8-2-3-14-9-16-19(18(23)10-14)24-12-17(20(16)26)21(27)25-11-13-4-6-15(22)7-5-13/h4-7,9-10,12H,8,11H2,1H3,(H,24,26)(H,25,27). The number of nitrogens with one attached hydrogen (secondary N) is 1. The molecule has 0 saturated heterocycles. The molecule has 0 aliphatic rings. The maximum absolute atomic E-state index is 14.3. The number of aromatic hydroxyl groups is 1. The number of halogens is 2. The molecule has 1 amide bonds. The molecule has 3 aromatic rings. The van der Waals surface area contributed by atoms with Crippen molar-refractivity contribution >= 4 is 28.4 Å². The monoisotopic (exact) mass is 398 g/mol. The Bertz CT molecular complexity index is 1090. The van der Waals surface area contributed by atoms with Crippen molar-refractivity contribution in [2.45, 2.75) is 6.54 Å². The molecule has 1 aromatic heterocycles. The highest BCUT2D eigenvalue weighted by Gasteiger charge is 2.17. The maximum Gasteiger partial charge on any atom is 0.256 e. The molecule has 0 bridgehead atoms.